The minimum atomic E-state index is -3.10. The molecule has 3 heterocycles. The topological polar surface area (TPSA) is 103 Å². The highest BCUT2D eigenvalue weighted by Gasteiger charge is 2.32. The molecule has 8 nitrogen and oxygen atoms in total. The Hall–Kier alpha value is -3.20. The maximum absolute atomic E-state index is 12.7. The zero-order valence-corrected chi connectivity index (χ0v) is 16.6. The average Bonchev–Trinajstić information content (AvgIpc) is 3.32. The Balaban J connectivity index is 1.70. The Kier molecular flexibility index (Phi) is 5.06. The SMILES string of the molecule is COc1ccc(-c2cc(C(=O)Nc3cccnc3)nn2C2CCS(=O)(=O)C2)cc1. The molecule has 1 aliphatic heterocycles. The smallest absolute Gasteiger partial charge is 0.276 e. The number of anilines is 1. The summed E-state index contributed by atoms with van der Waals surface area (Å²) in [6, 6.07) is 12.2. The predicted octanol–water partition coefficient (Wildman–Crippen LogP) is 2.57. The summed E-state index contributed by atoms with van der Waals surface area (Å²) in [5.41, 5.74) is 2.28. The minimum Gasteiger partial charge on any atom is -0.497 e. The number of nitrogens with one attached hydrogen (secondary N) is 1. The van der Waals surface area contributed by atoms with Gasteiger partial charge in [-0.3, -0.25) is 14.5 Å². The standard InChI is InChI=1S/C20H20N4O4S/c1-28-17-6-4-14(5-7-17)19-11-18(20(25)22-15-3-2-9-21-12-15)23-24(19)16-8-10-29(26,27)13-16/h2-7,9,11-12,16H,8,10,13H2,1H3,(H,22,25). The quantitative estimate of drug-likeness (QED) is 0.691. The molecule has 9 heteroatoms. The van der Waals surface area contributed by atoms with Gasteiger partial charge in [-0.2, -0.15) is 5.10 Å². The van der Waals surface area contributed by atoms with Gasteiger partial charge in [0.15, 0.2) is 15.5 Å². The first-order valence-corrected chi connectivity index (χ1v) is 10.9. The molecule has 0 saturated carbocycles. The molecule has 1 amide bonds. The molecule has 1 saturated heterocycles. The largest absolute Gasteiger partial charge is 0.497 e. The van der Waals surface area contributed by atoms with Crippen molar-refractivity contribution in [2.24, 2.45) is 0 Å². The van der Waals surface area contributed by atoms with Gasteiger partial charge in [-0.05, 0) is 48.9 Å². The molecule has 150 valence electrons. The van der Waals surface area contributed by atoms with Crippen molar-refractivity contribution in [3.8, 4) is 17.0 Å². The molecule has 3 aromatic rings. The molecule has 1 fully saturated rings. The molecule has 0 radical (unpaired) electrons. The Morgan fingerprint density at radius 1 is 1.24 bits per heavy atom. The first kappa shape index (κ1) is 19.1. The Bertz CT molecular complexity index is 1130. The van der Waals surface area contributed by atoms with Crippen LogP contribution in [0.15, 0.2) is 54.9 Å². The lowest BCUT2D eigenvalue weighted by molar-refractivity contribution is 0.102. The van der Waals surface area contributed by atoms with Crippen LogP contribution in [0.1, 0.15) is 23.0 Å². The van der Waals surface area contributed by atoms with Crippen LogP contribution < -0.4 is 10.1 Å². The summed E-state index contributed by atoms with van der Waals surface area (Å²) in [6.45, 7) is 0. The van der Waals surface area contributed by atoms with Crippen LogP contribution in [-0.4, -0.2) is 47.7 Å². The van der Waals surface area contributed by atoms with Gasteiger partial charge in [-0.1, -0.05) is 0 Å². The Morgan fingerprint density at radius 2 is 2.03 bits per heavy atom. The van der Waals surface area contributed by atoms with Gasteiger partial charge in [-0.15, -0.1) is 0 Å². The molecule has 1 aromatic carbocycles. The third-order valence-electron chi connectivity index (χ3n) is 4.83. The zero-order valence-electron chi connectivity index (χ0n) is 15.8. The Labute approximate surface area is 168 Å². The molecule has 0 spiro atoms. The summed E-state index contributed by atoms with van der Waals surface area (Å²) in [7, 11) is -1.52. The molecule has 4 rings (SSSR count). The van der Waals surface area contributed by atoms with Crippen LogP contribution in [0.4, 0.5) is 5.69 Å². The van der Waals surface area contributed by atoms with Gasteiger partial charge in [0.1, 0.15) is 5.75 Å². The van der Waals surface area contributed by atoms with Gasteiger partial charge in [0.05, 0.1) is 42.2 Å². The highest BCUT2D eigenvalue weighted by atomic mass is 32.2. The van der Waals surface area contributed by atoms with E-state index in [1.165, 1.54) is 0 Å². The molecule has 2 aromatic heterocycles. The number of methoxy groups -OCH3 is 1. The van der Waals surface area contributed by atoms with Crippen molar-refractivity contribution in [3.05, 3.63) is 60.6 Å². The van der Waals surface area contributed by atoms with Gasteiger partial charge in [0.25, 0.3) is 5.91 Å². The summed E-state index contributed by atoms with van der Waals surface area (Å²) in [5.74, 6) is 0.461. The number of amides is 1. The van der Waals surface area contributed by atoms with Gasteiger partial charge in [-0.25, -0.2) is 8.42 Å². The number of hydrogen-bond donors (Lipinski definition) is 1. The second kappa shape index (κ2) is 7.67. The third kappa shape index (κ3) is 4.14. The predicted molar refractivity (Wildman–Crippen MR) is 109 cm³/mol. The van der Waals surface area contributed by atoms with E-state index in [1.54, 1.807) is 42.4 Å². The van der Waals surface area contributed by atoms with Crippen molar-refractivity contribution < 1.29 is 17.9 Å². The monoisotopic (exact) mass is 412 g/mol. The summed E-state index contributed by atoms with van der Waals surface area (Å²) < 4.78 is 30.8. The van der Waals surface area contributed by atoms with E-state index in [0.717, 1.165) is 5.56 Å². The third-order valence-corrected chi connectivity index (χ3v) is 6.58. The van der Waals surface area contributed by atoms with E-state index in [-0.39, 0.29) is 29.1 Å². The summed E-state index contributed by atoms with van der Waals surface area (Å²) >= 11 is 0. The van der Waals surface area contributed by atoms with Crippen molar-refractivity contribution in [2.75, 3.05) is 23.9 Å². The van der Waals surface area contributed by atoms with E-state index in [4.69, 9.17) is 4.74 Å². The van der Waals surface area contributed by atoms with E-state index < -0.39 is 9.84 Å². The van der Waals surface area contributed by atoms with E-state index in [9.17, 15) is 13.2 Å². The molecule has 29 heavy (non-hydrogen) atoms. The number of carbonyl (C=O) groups excluding carboxylic acids is 1. The Morgan fingerprint density at radius 3 is 2.66 bits per heavy atom. The molecule has 0 bridgehead atoms. The normalized spacial score (nSPS) is 17.8. The molecular weight excluding hydrogens is 392 g/mol. The number of nitrogens with zero attached hydrogens (tertiary/aromatic N) is 3. The number of sulfone groups is 1. The fourth-order valence-corrected chi connectivity index (χ4v) is 5.05. The maximum atomic E-state index is 12.7. The van der Waals surface area contributed by atoms with Crippen LogP contribution in [0.3, 0.4) is 0 Å². The minimum absolute atomic E-state index is 0.0154. The van der Waals surface area contributed by atoms with E-state index >= 15 is 0 Å². The number of benzene rings is 1. The lowest BCUT2D eigenvalue weighted by Crippen LogP contribution is -2.16. The average molecular weight is 412 g/mol. The van der Waals surface area contributed by atoms with Crippen LogP contribution in [0.25, 0.3) is 11.3 Å². The van der Waals surface area contributed by atoms with Crippen LogP contribution in [0, 0.1) is 0 Å². The number of aromatic nitrogens is 3. The van der Waals surface area contributed by atoms with E-state index in [1.807, 2.05) is 24.3 Å². The second-order valence-corrected chi connectivity index (χ2v) is 9.07. The lowest BCUT2D eigenvalue weighted by Gasteiger charge is -2.13. The highest BCUT2D eigenvalue weighted by Crippen LogP contribution is 2.31. The fourth-order valence-electron chi connectivity index (χ4n) is 3.36. The number of ether oxygens (including phenoxy) is 1. The number of pyridine rings is 1. The molecular formula is C20H20N4O4S. The van der Waals surface area contributed by atoms with Crippen LogP contribution in [0.2, 0.25) is 0 Å². The van der Waals surface area contributed by atoms with E-state index in [2.05, 4.69) is 15.4 Å². The molecule has 1 N–H and O–H groups in total. The van der Waals surface area contributed by atoms with Gasteiger partial charge >= 0.3 is 0 Å². The van der Waals surface area contributed by atoms with Crippen molar-refractivity contribution >= 4 is 21.4 Å². The highest BCUT2D eigenvalue weighted by molar-refractivity contribution is 7.91. The maximum Gasteiger partial charge on any atom is 0.276 e. The molecule has 1 atom stereocenters. The van der Waals surface area contributed by atoms with Crippen molar-refractivity contribution in [3.63, 3.8) is 0 Å². The first-order chi connectivity index (χ1) is 13.9. The fraction of sp³-hybridized carbons (Fsp3) is 0.250. The summed E-state index contributed by atoms with van der Waals surface area (Å²) in [6.07, 6.45) is 3.63. The number of carbonyl (C=O) groups is 1. The van der Waals surface area contributed by atoms with Crippen LogP contribution in [0.5, 0.6) is 5.75 Å². The zero-order chi connectivity index (χ0) is 20.4. The van der Waals surface area contributed by atoms with Crippen molar-refractivity contribution in [2.45, 2.75) is 12.5 Å². The van der Waals surface area contributed by atoms with E-state index in [0.29, 0.717) is 23.6 Å². The van der Waals surface area contributed by atoms with Gasteiger partial charge in [0, 0.05) is 11.8 Å². The summed E-state index contributed by atoms with van der Waals surface area (Å²) in [4.78, 5) is 16.7. The van der Waals surface area contributed by atoms with Gasteiger partial charge < -0.3 is 10.1 Å². The molecule has 0 aliphatic carbocycles. The second-order valence-electron chi connectivity index (χ2n) is 6.84. The first-order valence-electron chi connectivity index (χ1n) is 9.11. The lowest BCUT2D eigenvalue weighted by atomic mass is 10.1. The van der Waals surface area contributed by atoms with Gasteiger partial charge in [0.2, 0.25) is 0 Å². The van der Waals surface area contributed by atoms with Crippen molar-refractivity contribution in [1.82, 2.24) is 14.8 Å². The van der Waals surface area contributed by atoms with Crippen molar-refractivity contribution in [1.29, 1.82) is 0 Å². The van der Waals surface area contributed by atoms with Crippen LogP contribution >= 0.6 is 0 Å². The molecule has 1 unspecified atom stereocenters. The summed E-state index contributed by atoms with van der Waals surface area (Å²) in [5, 5.41) is 7.22. The molecule has 1 aliphatic rings. The number of hydrogen-bond acceptors (Lipinski definition) is 6. The van der Waals surface area contributed by atoms with Crippen LogP contribution in [-0.2, 0) is 9.84 Å². The number of rotatable bonds is 5.